The zero-order valence-electron chi connectivity index (χ0n) is 19.7. The molecular weight excluding hydrogens is 464 g/mol. The summed E-state index contributed by atoms with van der Waals surface area (Å²) in [6, 6.07) is 21.2. The molecule has 6 heteroatoms. The highest BCUT2D eigenvalue weighted by atomic mass is 35.5. The minimum absolute atomic E-state index is 0. The van der Waals surface area contributed by atoms with Gasteiger partial charge in [-0.15, -0.1) is 0 Å². The summed E-state index contributed by atoms with van der Waals surface area (Å²) in [5.74, 6) is 3.26. The number of carbonyl (C=O) groups excluding carboxylic acids is 1. The van der Waals surface area contributed by atoms with Crippen LogP contribution in [-0.2, 0) is 11.3 Å². The van der Waals surface area contributed by atoms with Gasteiger partial charge in [-0.3, -0.25) is 4.79 Å². The quantitative estimate of drug-likeness (QED) is 0.554. The first-order valence-electron chi connectivity index (χ1n) is 11.7. The average molecular weight is 495 g/mol. The van der Waals surface area contributed by atoms with Gasteiger partial charge >= 0.3 is 0 Å². The van der Waals surface area contributed by atoms with Gasteiger partial charge in [0.05, 0.1) is 25.7 Å². The summed E-state index contributed by atoms with van der Waals surface area (Å²) in [7, 11) is 4.68. The van der Waals surface area contributed by atoms with Gasteiger partial charge in [-0.05, 0) is 46.6 Å². The van der Waals surface area contributed by atoms with Crippen molar-refractivity contribution in [3.63, 3.8) is 0 Å². The van der Waals surface area contributed by atoms with Gasteiger partial charge in [0.1, 0.15) is 18.9 Å². The van der Waals surface area contributed by atoms with Crippen molar-refractivity contribution in [3.8, 4) is 5.75 Å². The molecule has 1 fully saturated rings. The lowest BCUT2D eigenvalue weighted by molar-refractivity contribution is -0.928. The molecule has 0 radical (unpaired) electrons. The van der Waals surface area contributed by atoms with Crippen LogP contribution in [0.15, 0.2) is 66.2 Å². The molecule has 0 aliphatic carbocycles. The Balaban J connectivity index is 0.00000274. The first kappa shape index (κ1) is 24.6. The fraction of sp³-hybridized carbons (Fsp3) is 0.321. The summed E-state index contributed by atoms with van der Waals surface area (Å²) in [4.78, 5) is 13.0. The zero-order chi connectivity index (χ0) is 22.8. The smallest absolute Gasteiger partial charge is 0.255 e. The molecule has 4 nitrogen and oxygen atoms in total. The van der Waals surface area contributed by atoms with Crippen LogP contribution in [0.1, 0.15) is 24.0 Å². The van der Waals surface area contributed by atoms with Crippen LogP contribution in [0.5, 0.6) is 5.75 Å². The van der Waals surface area contributed by atoms with Crippen LogP contribution in [0, 0.1) is 0 Å². The van der Waals surface area contributed by atoms with Gasteiger partial charge < -0.3 is 26.9 Å². The van der Waals surface area contributed by atoms with Crippen LogP contribution in [0.3, 0.4) is 0 Å². The van der Waals surface area contributed by atoms with Gasteiger partial charge in [0, 0.05) is 29.7 Å². The van der Waals surface area contributed by atoms with Crippen LogP contribution < -0.4 is 22.5 Å². The number of fused-ring (bicyclic) bond motifs is 3. The Morgan fingerprint density at radius 3 is 2.53 bits per heavy atom. The molecule has 0 bridgehead atoms. The number of hydrogen-bond acceptors (Lipinski definition) is 3. The molecule has 3 aromatic rings. The lowest BCUT2D eigenvalue weighted by Gasteiger charge is -2.40. The summed E-state index contributed by atoms with van der Waals surface area (Å²) in [6.07, 6.45) is 4.55. The molecule has 0 atom stereocenters. The molecule has 34 heavy (non-hydrogen) atoms. The van der Waals surface area contributed by atoms with Crippen molar-refractivity contribution in [3.05, 3.63) is 77.4 Å². The standard InChI is InChI=1S/C28H30N2O2S.ClH/c1-30(2,24-13-15-33-16-14-24)18-20-7-10-23(11-8-20)29-28(31)22-17-26-25-6-4-3-5-21(25)9-12-27(26)32-19-22;/h3-12,17,24H,13-16,18-19H2,1-2H3;1H. The lowest BCUT2D eigenvalue weighted by Crippen LogP contribution is -3.00. The summed E-state index contributed by atoms with van der Waals surface area (Å²) in [6.45, 7) is 1.28. The number of nitrogens with one attached hydrogen (secondary N) is 1. The molecule has 5 rings (SSSR count). The molecule has 2 aliphatic heterocycles. The highest BCUT2D eigenvalue weighted by Gasteiger charge is 2.30. The van der Waals surface area contributed by atoms with E-state index in [1.165, 1.54) is 29.9 Å². The Kier molecular flexibility index (Phi) is 7.56. The Bertz CT molecular complexity index is 1200. The van der Waals surface area contributed by atoms with Crippen LogP contribution >= 0.6 is 11.8 Å². The van der Waals surface area contributed by atoms with Gasteiger partial charge in [-0.1, -0.05) is 42.5 Å². The fourth-order valence-corrected chi connectivity index (χ4v) is 6.02. The number of halogens is 1. The molecule has 2 aliphatic rings. The normalized spacial score (nSPS) is 16.1. The van der Waals surface area contributed by atoms with Gasteiger partial charge in [-0.25, -0.2) is 0 Å². The number of quaternary nitrogens is 1. The number of thioether (sulfide) groups is 1. The number of ether oxygens (including phenoxy) is 1. The van der Waals surface area contributed by atoms with Crippen molar-refractivity contribution >= 4 is 40.2 Å². The first-order chi connectivity index (χ1) is 16.0. The minimum atomic E-state index is -0.114. The highest BCUT2D eigenvalue weighted by Crippen LogP contribution is 2.33. The van der Waals surface area contributed by atoms with E-state index in [-0.39, 0.29) is 24.9 Å². The van der Waals surface area contributed by atoms with Crippen molar-refractivity contribution in [2.45, 2.75) is 25.4 Å². The van der Waals surface area contributed by atoms with Crippen molar-refractivity contribution in [1.29, 1.82) is 0 Å². The molecule has 1 saturated heterocycles. The number of benzene rings is 3. The molecule has 178 valence electrons. The maximum atomic E-state index is 13.0. The monoisotopic (exact) mass is 494 g/mol. The van der Waals surface area contributed by atoms with E-state index < -0.39 is 0 Å². The predicted octanol–water partition coefficient (Wildman–Crippen LogP) is 2.73. The van der Waals surface area contributed by atoms with E-state index in [0.717, 1.165) is 44.8 Å². The van der Waals surface area contributed by atoms with E-state index >= 15 is 0 Å². The van der Waals surface area contributed by atoms with E-state index in [2.05, 4.69) is 61.5 Å². The molecule has 0 aromatic heterocycles. The average Bonchev–Trinajstić information content (AvgIpc) is 2.85. The molecular formula is C28H31ClN2O2S. The molecule has 0 saturated carbocycles. The predicted molar refractivity (Wildman–Crippen MR) is 139 cm³/mol. The lowest BCUT2D eigenvalue weighted by atomic mass is 9.99. The molecule has 3 aromatic carbocycles. The number of anilines is 1. The molecule has 0 spiro atoms. The molecule has 1 amide bonds. The largest absolute Gasteiger partial charge is 1.00 e. The van der Waals surface area contributed by atoms with E-state index in [0.29, 0.717) is 5.57 Å². The van der Waals surface area contributed by atoms with E-state index in [9.17, 15) is 4.79 Å². The first-order valence-corrected chi connectivity index (χ1v) is 12.8. The number of nitrogens with zero attached hydrogens (tertiary/aromatic N) is 1. The fourth-order valence-electron chi connectivity index (χ4n) is 4.94. The second-order valence-corrected chi connectivity index (χ2v) is 10.8. The molecule has 2 heterocycles. The van der Waals surface area contributed by atoms with Gasteiger partial charge in [-0.2, -0.15) is 11.8 Å². The van der Waals surface area contributed by atoms with E-state index in [4.69, 9.17) is 4.74 Å². The number of hydrogen-bond donors (Lipinski definition) is 1. The molecule has 1 N–H and O–H groups in total. The second kappa shape index (κ2) is 10.4. The Hall–Kier alpha value is -2.47. The summed E-state index contributed by atoms with van der Waals surface area (Å²) >= 11 is 2.07. The highest BCUT2D eigenvalue weighted by molar-refractivity contribution is 7.99. The topological polar surface area (TPSA) is 38.3 Å². The van der Waals surface area contributed by atoms with Crippen LogP contribution in [-0.4, -0.2) is 48.6 Å². The third-order valence-corrected chi connectivity index (χ3v) is 7.95. The van der Waals surface area contributed by atoms with E-state index in [1.54, 1.807) is 0 Å². The van der Waals surface area contributed by atoms with Crippen molar-refractivity contribution < 1.29 is 26.4 Å². The van der Waals surface area contributed by atoms with E-state index in [1.807, 2.05) is 36.4 Å². The van der Waals surface area contributed by atoms with Crippen LogP contribution in [0.25, 0.3) is 16.8 Å². The van der Waals surface area contributed by atoms with Crippen molar-refractivity contribution in [1.82, 2.24) is 0 Å². The summed E-state index contributed by atoms with van der Waals surface area (Å²) < 4.78 is 6.92. The molecule has 0 unspecified atom stereocenters. The van der Waals surface area contributed by atoms with Crippen LogP contribution in [0.4, 0.5) is 5.69 Å². The maximum absolute atomic E-state index is 13.0. The third kappa shape index (κ3) is 5.27. The SMILES string of the molecule is C[N+](C)(Cc1ccc(NC(=O)C2=Cc3c(ccc4ccccc34)OC2)cc1)C1CCSCC1.[Cl-]. The van der Waals surface area contributed by atoms with Gasteiger partial charge in [0.15, 0.2) is 0 Å². The Morgan fingerprint density at radius 2 is 1.76 bits per heavy atom. The Labute approximate surface area is 212 Å². The number of carbonyl (C=O) groups is 1. The maximum Gasteiger partial charge on any atom is 0.255 e. The Morgan fingerprint density at radius 1 is 1.03 bits per heavy atom. The van der Waals surface area contributed by atoms with Crippen LogP contribution in [0.2, 0.25) is 0 Å². The zero-order valence-corrected chi connectivity index (χ0v) is 21.3. The van der Waals surface area contributed by atoms with Crippen molar-refractivity contribution in [2.24, 2.45) is 0 Å². The summed E-state index contributed by atoms with van der Waals surface area (Å²) in [5.41, 5.74) is 3.72. The second-order valence-electron chi connectivity index (χ2n) is 9.59. The number of rotatable bonds is 5. The van der Waals surface area contributed by atoms with Crippen molar-refractivity contribution in [2.75, 3.05) is 37.5 Å². The van der Waals surface area contributed by atoms with Gasteiger partial charge in [0.2, 0.25) is 0 Å². The summed E-state index contributed by atoms with van der Waals surface area (Å²) in [5, 5.41) is 5.29. The number of amides is 1. The van der Waals surface area contributed by atoms with Gasteiger partial charge in [0.25, 0.3) is 5.91 Å². The third-order valence-electron chi connectivity index (χ3n) is 6.91. The minimum Gasteiger partial charge on any atom is -1.00 e.